The minimum Gasteiger partial charge on any atom is -0.349 e. The molecule has 1 aliphatic rings. The number of rotatable bonds is 8. The second-order valence-corrected chi connectivity index (χ2v) is 11.4. The van der Waals surface area contributed by atoms with Gasteiger partial charge >= 0.3 is 0 Å². The van der Waals surface area contributed by atoms with Gasteiger partial charge in [0, 0.05) is 6.04 Å². The topological polar surface area (TPSA) is 95.6 Å². The average molecular weight is 520 g/mol. The van der Waals surface area contributed by atoms with Crippen molar-refractivity contribution in [1.29, 1.82) is 0 Å². The molecule has 0 saturated heterocycles. The van der Waals surface area contributed by atoms with Gasteiger partial charge in [0.15, 0.2) is 0 Å². The second kappa shape index (κ2) is 11.6. The number of nitrogens with zero attached hydrogens (tertiary/aromatic N) is 1. The zero-order chi connectivity index (χ0) is 26.4. The summed E-state index contributed by atoms with van der Waals surface area (Å²) >= 11 is 0. The number of anilines is 2. The summed E-state index contributed by atoms with van der Waals surface area (Å²) in [6.07, 6.45) is 5.26. The number of hydrogen-bond donors (Lipinski definition) is 2. The highest BCUT2D eigenvalue weighted by atomic mass is 32.2. The number of aryl methyl sites for hydroxylation is 2. The quantitative estimate of drug-likeness (QED) is 0.428. The number of hydrogen-bond acceptors (Lipinski definition) is 4. The molecule has 3 aromatic rings. The van der Waals surface area contributed by atoms with Crippen molar-refractivity contribution in [1.82, 2.24) is 5.32 Å². The Morgan fingerprint density at radius 3 is 2.08 bits per heavy atom. The van der Waals surface area contributed by atoms with Crippen molar-refractivity contribution in [3.63, 3.8) is 0 Å². The number of amides is 2. The third kappa shape index (κ3) is 6.57. The Morgan fingerprint density at radius 1 is 0.838 bits per heavy atom. The number of nitrogens with one attached hydrogen (secondary N) is 2. The molecule has 194 valence electrons. The molecule has 1 fully saturated rings. The molecule has 0 atom stereocenters. The van der Waals surface area contributed by atoms with E-state index in [0.29, 0.717) is 16.9 Å². The molecule has 0 spiro atoms. The first-order valence-corrected chi connectivity index (χ1v) is 14.0. The zero-order valence-electron chi connectivity index (χ0n) is 21.2. The van der Waals surface area contributed by atoms with E-state index < -0.39 is 22.5 Å². The fourth-order valence-corrected chi connectivity index (χ4v) is 5.90. The van der Waals surface area contributed by atoms with Gasteiger partial charge in [-0.25, -0.2) is 8.42 Å². The van der Waals surface area contributed by atoms with Crippen molar-refractivity contribution in [3.05, 3.63) is 89.5 Å². The summed E-state index contributed by atoms with van der Waals surface area (Å²) in [6, 6.07) is 20.4. The van der Waals surface area contributed by atoms with Crippen LogP contribution >= 0.6 is 0 Å². The molecule has 0 unspecified atom stereocenters. The molecule has 3 aromatic carbocycles. The fourth-order valence-electron chi connectivity index (χ4n) is 4.48. The Balaban J connectivity index is 1.57. The average Bonchev–Trinajstić information content (AvgIpc) is 2.89. The molecule has 4 rings (SSSR count). The first-order chi connectivity index (χ1) is 17.7. The van der Waals surface area contributed by atoms with Crippen LogP contribution in [0.15, 0.2) is 77.7 Å². The van der Waals surface area contributed by atoms with E-state index in [0.717, 1.165) is 41.1 Å². The molecule has 1 saturated carbocycles. The lowest BCUT2D eigenvalue weighted by atomic mass is 9.95. The lowest BCUT2D eigenvalue weighted by Gasteiger charge is -2.25. The van der Waals surface area contributed by atoms with Gasteiger partial charge in [-0.1, -0.05) is 66.8 Å². The van der Waals surface area contributed by atoms with Crippen molar-refractivity contribution in [2.24, 2.45) is 0 Å². The smallest absolute Gasteiger partial charge is 0.264 e. The third-order valence-electron chi connectivity index (χ3n) is 6.60. The minimum absolute atomic E-state index is 0.0961. The molecular weight excluding hydrogens is 486 g/mol. The summed E-state index contributed by atoms with van der Waals surface area (Å²) in [4.78, 5) is 26.3. The van der Waals surface area contributed by atoms with Gasteiger partial charge in [-0.05, 0) is 63.1 Å². The Kier molecular flexibility index (Phi) is 8.28. The zero-order valence-corrected chi connectivity index (χ0v) is 22.1. The summed E-state index contributed by atoms with van der Waals surface area (Å²) in [5.74, 6) is -0.792. The lowest BCUT2D eigenvalue weighted by Crippen LogP contribution is -2.39. The van der Waals surface area contributed by atoms with Crippen LogP contribution in [0.2, 0.25) is 0 Å². The maximum atomic E-state index is 13.6. The van der Waals surface area contributed by atoms with Gasteiger partial charge < -0.3 is 10.6 Å². The van der Waals surface area contributed by atoms with Gasteiger partial charge in [0.2, 0.25) is 5.91 Å². The monoisotopic (exact) mass is 519 g/mol. The molecule has 7 nitrogen and oxygen atoms in total. The predicted octanol–water partition coefficient (Wildman–Crippen LogP) is 5.20. The van der Waals surface area contributed by atoms with Gasteiger partial charge in [-0.3, -0.25) is 13.9 Å². The fraction of sp³-hybridized carbons (Fsp3) is 0.310. The van der Waals surface area contributed by atoms with Crippen LogP contribution in [0.1, 0.15) is 53.6 Å². The van der Waals surface area contributed by atoms with Crippen molar-refractivity contribution < 1.29 is 18.0 Å². The summed E-state index contributed by atoms with van der Waals surface area (Å²) in [5.41, 5.74) is 2.98. The van der Waals surface area contributed by atoms with Gasteiger partial charge in [-0.15, -0.1) is 0 Å². The van der Waals surface area contributed by atoms with E-state index in [-0.39, 0.29) is 16.8 Å². The molecule has 0 bridgehead atoms. The summed E-state index contributed by atoms with van der Waals surface area (Å²) in [6.45, 7) is 3.34. The third-order valence-corrected chi connectivity index (χ3v) is 8.39. The van der Waals surface area contributed by atoms with E-state index >= 15 is 0 Å². The predicted molar refractivity (Wildman–Crippen MR) is 146 cm³/mol. The normalized spacial score (nSPS) is 14.1. The van der Waals surface area contributed by atoms with E-state index in [2.05, 4.69) is 10.6 Å². The van der Waals surface area contributed by atoms with Crippen LogP contribution in [-0.4, -0.2) is 32.8 Å². The molecular formula is C29H33N3O4S. The molecule has 1 aliphatic carbocycles. The van der Waals surface area contributed by atoms with Crippen LogP contribution in [0.3, 0.4) is 0 Å². The Hall–Kier alpha value is -3.65. The van der Waals surface area contributed by atoms with Crippen LogP contribution < -0.4 is 14.9 Å². The van der Waals surface area contributed by atoms with Crippen molar-refractivity contribution >= 4 is 33.2 Å². The molecule has 2 amide bonds. The highest BCUT2D eigenvalue weighted by Gasteiger charge is 2.28. The Morgan fingerprint density at radius 2 is 1.43 bits per heavy atom. The number of carbonyl (C=O) groups excluding carboxylic acids is 2. The van der Waals surface area contributed by atoms with Crippen LogP contribution in [-0.2, 0) is 14.8 Å². The summed E-state index contributed by atoms with van der Waals surface area (Å²) < 4.78 is 28.3. The summed E-state index contributed by atoms with van der Waals surface area (Å²) in [5, 5.41) is 5.84. The van der Waals surface area contributed by atoms with Crippen LogP contribution in [0.5, 0.6) is 0 Å². The maximum Gasteiger partial charge on any atom is 0.264 e. The van der Waals surface area contributed by atoms with Gasteiger partial charge in [0.1, 0.15) is 6.54 Å². The number of para-hydroxylation sites is 1. The standard InChI is InChI=1S/C29H33N3O4S/c1-21-12-16-24(17-13-21)32(37(35,36)25-18-14-22(2)15-19-25)20-28(33)31-27-11-7-6-10-26(27)29(34)30-23-8-4-3-5-9-23/h6-7,10-19,23H,3-5,8-9,20H2,1-2H3,(H,30,34)(H,31,33). The minimum atomic E-state index is -4.02. The first kappa shape index (κ1) is 26.4. The van der Waals surface area contributed by atoms with E-state index in [4.69, 9.17) is 0 Å². The number of benzene rings is 3. The number of carbonyl (C=O) groups is 2. The first-order valence-electron chi connectivity index (χ1n) is 12.6. The van der Waals surface area contributed by atoms with Crippen LogP contribution in [0.25, 0.3) is 0 Å². The van der Waals surface area contributed by atoms with E-state index in [1.807, 2.05) is 13.8 Å². The molecule has 0 aliphatic heterocycles. The molecule has 0 aromatic heterocycles. The largest absolute Gasteiger partial charge is 0.349 e. The van der Waals surface area contributed by atoms with E-state index in [9.17, 15) is 18.0 Å². The van der Waals surface area contributed by atoms with Gasteiger partial charge in [0.25, 0.3) is 15.9 Å². The molecule has 8 heteroatoms. The molecule has 0 radical (unpaired) electrons. The van der Waals surface area contributed by atoms with Crippen molar-refractivity contribution in [2.45, 2.75) is 56.9 Å². The van der Waals surface area contributed by atoms with Crippen LogP contribution in [0, 0.1) is 13.8 Å². The highest BCUT2D eigenvalue weighted by molar-refractivity contribution is 7.92. The summed E-state index contributed by atoms with van der Waals surface area (Å²) in [7, 11) is -4.02. The number of sulfonamides is 1. The second-order valence-electron chi connectivity index (χ2n) is 9.56. The Bertz CT molecular complexity index is 1350. The molecule has 37 heavy (non-hydrogen) atoms. The maximum absolute atomic E-state index is 13.6. The van der Waals surface area contributed by atoms with Gasteiger partial charge in [-0.2, -0.15) is 0 Å². The SMILES string of the molecule is Cc1ccc(N(CC(=O)Nc2ccccc2C(=O)NC2CCCCC2)S(=O)(=O)c2ccc(C)cc2)cc1. The van der Waals surface area contributed by atoms with Crippen molar-refractivity contribution in [2.75, 3.05) is 16.2 Å². The van der Waals surface area contributed by atoms with Crippen molar-refractivity contribution in [3.8, 4) is 0 Å². The van der Waals surface area contributed by atoms with E-state index in [1.165, 1.54) is 18.6 Å². The molecule has 0 heterocycles. The molecule has 2 N–H and O–H groups in total. The van der Waals surface area contributed by atoms with E-state index in [1.54, 1.807) is 60.7 Å². The van der Waals surface area contributed by atoms with Crippen LogP contribution in [0.4, 0.5) is 11.4 Å². The lowest BCUT2D eigenvalue weighted by molar-refractivity contribution is -0.114. The van der Waals surface area contributed by atoms with Gasteiger partial charge in [0.05, 0.1) is 21.8 Å². The Labute approximate surface area is 218 Å². The highest BCUT2D eigenvalue weighted by Crippen LogP contribution is 2.25.